The van der Waals surface area contributed by atoms with Gasteiger partial charge in [-0.2, -0.15) is 26.3 Å². The quantitative estimate of drug-likeness (QED) is 0.105. The summed E-state index contributed by atoms with van der Waals surface area (Å²) in [5.74, 6) is -3.46. The first-order valence-corrected chi connectivity index (χ1v) is 18.9. The van der Waals surface area contributed by atoms with Gasteiger partial charge in [0, 0.05) is 45.5 Å². The number of carbonyl (C=O) groups is 2. The molecule has 0 bridgehead atoms. The number of carboxylic acids is 1. The van der Waals surface area contributed by atoms with Gasteiger partial charge in [0.2, 0.25) is 0 Å². The van der Waals surface area contributed by atoms with Crippen LogP contribution in [0.3, 0.4) is 0 Å². The minimum Gasteiger partial charge on any atom is -0.507 e. The number of hydrogen-bond acceptors (Lipinski definition) is 5. The lowest BCUT2D eigenvalue weighted by Crippen LogP contribution is -2.08. The second-order valence-electron chi connectivity index (χ2n) is 14.0. The van der Waals surface area contributed by atoms with E-state index in [1.54, 1.807) is 90.6 Å². The fraction of sp³-hybridized carbons (Fsp3) is 0.149. The number of aromatic carboxylic acids is 1. The van der Waals surface area contributed by atoms with Gasteiger partial charge in [-0.25, -0.2) is 18.4 Å². The second-order valence-corrected chi connectivity index (χ2v) is 14.0. The summed E-state index contributed by atoms with van der Waals surface area (Å²) in [5.41, 5.74) is 1.76. The van der Waals surface area contributed by atoms with E-state index in [1.807, 2.05) is 0 Å². The number of phenols is 1. The summed E-state index contributed by atoms with van der Waals surface area (Å²) in [4.78, 5) is 23.5. The Morgan fingerprint density at radius 3 is 1.73 bits per heavy atom. The first-order valence-electron chi connectivity index (χ1n) is 18.9. The Morgan fingerprint density at radius 1 is 0.635 bits per heavy atom. The van der Waals surface area contributed by atoms with Crippen molar-refractivity contribution in [2.75, 3.05) is 6.61 Å². The topological polar surface area (TPSA) is 103 Å². The van der Waals surface area contributed by atoms with Crippen LogP contribution >= 0.6 is 0 Å². The Hall–Kier alpha value is -7.36. The number of aryl methyl sites for hydroxylation is 2. The summed E-state index contributed by atoms with van der Waals surface area (Å²) in [6.07, 6.45) is -9.16. The number of aromatic nitrogens is 2. The van der Waals surface area contributed by atoms with Gasteiger partial charge in [-0.3, -0.25) is 0 Å². The van der Waals surface area contributed by atoms with Crippen LogP contribution in [0, 0.1) is 25.5 Å². The van der Waals surface area contributed by atoms with Crippen LogP contribution < -0.4 is 4.74 Å². The summed E-state index contributed by atoms with van der Waals surface area (Å²) in [5, 5.41) is 19.3. The van der Waals surface area contributed by atoms with E-state index in [1.165, 1.54) is 24.3 Å². The normalized spacial score (nSPS) is 11.5. The van der Waals surface area contributed by atoms with E-state index in [0.717, 1.165) is 36.4 Å². The maximum Gasteiger partial charge on any atom is 0.416 e. The molecule has 0 unspecified atom stereocenters. The fourth-order valence-electron chi connectivity index (χ4n) is 6.69. The standard InChI is InChI=1S/C28H22F5NO3.C19H14F3NO3/c1-3-36-27(35)18-5-4-6-22(13-18)34-17(2)7-11-25(34)23-14-20(28(31,32)33)9-12-26(23)37-16-19-8-10-21(29)15-24(19)30;1-11-5-7-16(15-10-13(19(20,21)22)6-8-17(15)24)23(11)14-4-2-3-12(9-14)18(25)26/h4-15H,3,16H2,1-2H3;2-10,24H,1H3,(H,25,26). The molecule has 0 spiro atoms. The molecule has 7 aromatic rings. The van der Waals surface area contributed by atoms with E-state index in [0.29, 0.717) is 40.2 Å². The van der Waals surface area contributed by atoms with Gasteiger partial charge < -0.3 is 28.8 Å². The Kier molecular flexibility index (Phi) is 13.1. The van der Waals surface area contributed by atoms with Crippen molar-refractivity contribution >= 4 is 11.9 Å². The zero-order valence-electron chi connectivity index (χ0n) is 33.5. The molecule has 0 atom stereocenters. The number of carboxylic acid groups (broad SMARTS) is 1. The number of rotatable bonds is 10. The highest BCUT2D eigenvalue weighted by molar-refractivity contribution is 5.90. The first kappa shape index (κ1) is 45.2. The molecule has 0 saturated carbocycles. The number of ether oxygens (including phenoxy) is 2. The van der Waals surface area contributed by atoms with Crippen molar-refractivity contribution in [1.29, 1.82) is 0 Å². The van der Waals surface area contributed by atoms with Gasteiger partial charge in [0.05, 0.1) is 40.2 Å². The summed E-state index contributed by atoms with van der Waals surface area (Å²) in [6.45, 7) is 5.05. The molecule has 8 nitrogen and oxygen atoms in total. The monoisotopic (exact) mass is 876 g/mol. The molecule has 5 aromatic carbocycles. The van der Waals surface area contributed by atoms with Gasteiger partial charge in [-0.15, -0.1) is 0 Å². The van der Waals surface area contributed by atoms with E-state index in [4.69, 9.17) is 14.6 Å². The van der Waals surface area contributed by atoms with Crippen LogP contribution in [0.5, 0.6) is 11.5 Å². The number of aromatic hydroxyl groups is 1. The van der Waals surface area contributed by atoms with Crippen LogP contribution in [0.25, 0.3) is 33.9 Å². The minimum atomic E-state index is -4.62. The predicted molar refractivity (Wildman–Crippen MR) is 217 cm³/mol. The van der Waals surface area contributed by atoms with Crippen LogP contribution in [0.1, 0.15) is 55.7 Å². The molecule has 0 amide bonds. The van der Waals surface area contributed by atoms with Gasteiger partial charge in [-0.1, -0.05) is 12.1 Å². The van der Waals surface area contributed by atoms with Gasteiger partial charge >= 0.3 is 24.3 Å². The van der Waals surface area contributed by atoms with Gasteiger partial charge in [0.15, 0.2) is 0 Å². The van der Waals surface area contributed by atoms with Crippen molar-refractivity contribution in [3.63, 3.8) is 0 Å². The molecule has 326 valence electrons. The molecule has 16 heteroatoms. The molecule has 0 aliphatic carbocycles. The number of esters is 1. The smallest absolute Gasteiger partial charge is 0.416 e. The Bertz CT molecular complexity index is 2810. The summed E-state index contributed by atoms with van der Waals surface area (Å²) >= 11 is 0. The lowest BCUT2D eigenvalue weighted by atomic mass is 10.1. The molecule has 0 saturated heterocycles. The molecular formula is C47H36F8N2O6. The van der Waals surface area contributed by atoms with Crippen LogP contribution in [-0.2, 0) is 23.7 Å². The van der Waals surface area contributed by atoms with Crippen molar-refractivity contribution in [3.8, 4) is 45.4 Å². The maximum atomic E-state index is 14.1. The lowest BCUT2D eigenvalue weighted by molar-refractivity contribution is -0.138. The fourth-order valence-corrected chi connectivity index (χ4v) is 6.69. The third-order valence-electron chi connectivity index (χ3n) is 9.70. The maximum absolute atomic E-state index is 14.1. The molecule has 2 N–H and O–H groups in total. The minimum absolute atomic E-state index is 0.00801. The number of hydrogen-bond donors (Lipinski definition) is 2. The zero-order valence-corrected chi connectivity index (χ0v) is 33.5. The average molecular weight is 877 g/mol. The van der Waals surface area contributed by atoms with Crippen molar-refractivity contribution in [1.82, 2.24) is 9.13 Å². The molecule has 0 aliphatic heterocycles. The van der Waals surface area contributed by atoms with Crippen molar-refractivity contribution < 1.29 is 64.4 Å². The number of halogens is 8. The highest BCUT2D eigenvalue weighted by Crippen LogP contribution is 2.41. The number of alkyl halides is 6. The molecule has 63 heavy (non-hydrogen) atoms. The number of benzene rings is 5. The van der Waals surface area contributed by atoms with Crippen molar-refractivity contribution in [2.45, 2.75) is 39.7 Å². The summed E-state index contributed by atoms with van der Waals surface area (Å²) in [6, 6.07) is 27.8. The van der Waals surface area contributed by atoms with E-state index in [9.17, 15) is 49.8 Å². The summed E-state index contributed by atoms with van der Waals surface area (Å²) in [7, 11) is 0. The first-order chi connectivity index (χ1) is 29.8. The highest BCUT2D eigenvalue weighted by atomic mass is 19.4. The number of phenolic OH excluding ortho intramolecular Hbond substituents is 1. The average Bonchev–Trinajstić information content (AvgIpc) is 3.82. The van der Waals surface area contributed by atoms with Crippen molar-refractivity contribution in [3.05, 3.63) is 178 Å². The molecule has 2 heterocycles. The van der Waals surface area contributed by atoms with Crippen LogP contribution in [-0.4, -0.2) is 37.9 Å². The Balaban J connectivity index is 0.000000223. The lowest BCUT2D eigenvalue weighted by Gasteiger charge is -2.18. The number of carbonyl (C=O) groups excluding carboxylic acids is 1. The largest absolute Gasteiger partial charge is 0.507 e. The van der Waals surface area contributed by atoms with Crippen LogP contribution in [0.2, 0.25) is 0 Å². The highest BCUT2D eigenvalue weighted by Gasteiger charge is 2.33. The van der Waals surface area contributed by atoms with Gasteiger partial charge in [0.1, 0.15) is 29.7 Å². The number of nitrogens with zero attached hydrogens (tertiary/aromatic N) is 2. The van der Waals surface area contributed by atoms with E-state index >= 15 is 0 Å². The molecule has 2 aromatic heterocycles. The molecule has 0 fully saturated rings. The van der Waals surface area contributed by atoms with E-state index in [2.05, 4.69) is 0 Å². The molecule has 7 rings (SSSR count). The molecular weight excluding hydrogens is 841 g/mol. The summed E-state index contributed by atoms with van der Waals surface area (Å²) < 4.78 is 121. The molecule has 0 aliphatic rings. The third kappa shape index (κ3) is 10.2. The van der Waals surface area contributed by atoms with Crippen molar-refractivity contribution in [2.24, 2.45) is 0 Å². The molecule has 0 radical (unpaired) electrons. The SMILES string of the molecule is CCOC(=O)c1cccc(-n2c(C)ccc2-c2cc(C(F)(F)F)ccc2OCc2ccc(F)cc2F)c1.Cc1ccc(-c2cc(C(F)(F)F)ccc2O)n1-c1cccc(C(=O)O)c1. The van der Waals surface area contributed by atoms with Gasteiger partial charge in [0.25, 0.3) is 0 Å². The van der Waals surface area contributed by atoms with E-state index < -0.39 is 47.1 Å². The van der Waals surface area contributed by atoms with E-state index in [-0.39, 0.29) is 52.5 Å². The zero-order chi connectivity index (χ0) is 45.8. The Labute approximate surface area is 354 Å². The Morgan fingerprint density at radius 2 is 1.17 bits per heavy atom. The van der Waals surface area contributed by atoms with Crippen LogP contribution in [0.4, 0.5) is 35.1 Å². The third-order valence-corrected chi connectivity index (χ3v) is 9.70. The van der Waals surface area contributed by atoms with Crippen LogP contribution in [0.15, 0.2) is 127 Å². The predicted octanol–water partition coefficient (Wildman–Crippen LogP) is 12.4. The van der Waals surface area contributed by atoms with Gasteiger partial charge in [-0.05, 0) is 130 Å². The second kappa shape index (κ2) is 18.3.